The summed E-state index contributed by atoms with van der Waals surface area (Å²) in [5, 5.41) is 15.6. The van der Waals surface area contributed by atoms with E-state index in [9.17, 15) is 5.11 Å². The number of hydrogen-bond acceptors (Lipinski definition) is 3. The minimum Gasteiger partial charge on any atom is -0.390 e. The van der Waals surface area contributed by atoms with Crippen molar-refractivity contribution in [3.05, 3.63) is 17.5 Å². The Morgan fingerprint density at radius 2 is 2.17 bits per heavy atom. The van der Waals surface area contributed by atoms with Crippen LogP contribution in [-0.2, 0) is 12.8 Å². The third-order valence-electron chi connectivity index (χ3n) is 8.60. The van der Waals surface area contributed by atoms with Gasteiger partial charge in [0.2, 0.25) is 0 Å². The third kappa shape index (κ3) is 1.75. The van der Waals surface area contributed by atoms with Gasteiger partial charge in [0.15, 0.2) is 0 Å². The van der Waals surface area contributed by atoms with Crippen LogP contribution in [0.5, 0.6) is 0 Å². The summed E-state index contributed by atoms with van der Waals surface area (Å²) in [5.74, 6) is 1.09. The molecule has 7 atom stereocenters. The van der Waals surface area contributed by atoms with Crippen molar-refractivity contribution in [1.29, 1.82) is 0 Å². The molecule has 4 aliphatic rings. The summed E-state index contributed by atoms with van der Waals surface area (Å²) in [7, 11) is 0. The van der Waals surface area contributed by atoms with E-state index in [1.54, 1.807) is 6.26 Å². The second-order valence-electron chi connectivity index (χ2n) is 9.37. The molecule has 3 fully saturated rings. The predicted molar refractivity (Wildman–Crippen MR) is 92.4 cm³/mol. The van der Waals surface area contributed by atoms with E-state index in [1.165, 1.54) is 5.56 Å². The van der Waals surface area contributed by atoms with Crippen molar-refractivity contribution in [1.82, 2.24) is 5.16 Å². The van der Waals surface area contributed by atoms with E-state index in [2.05, 4.69) is 12.1 Å². The first-order chi connectivity index (χ1) is 13.4. The SMILES string of the molecule is [2H]C([2H])([2H])[C@]1(O)C([2H])([2H])C[C@H]2[C@@H]3CC[C@H]4Cc5nocc5C[C@]4(C)[C@H]3CC[C@@]21C. The molecule has 3 nitrogen and oxygen atoms in total. The lowest BCUT2D eigenvalue weighted by Gasteiger charge is -2.60. The summed E-state index contributed by atoms with van der Waals surface area (Å²) in [6.07, 6.45) is 5.10. The van der Waals surface area contributed by atoms with Crippen LogP contribution < -0.4 is 0 Å². The van der Waals surface area contributed by atoms with Gasteiger partial charge in [-0.25, -0.2) is 0 Å². The highest BCUT2D eigenvalue weighted by Gasteiger charge is 2.63. The van der Waals surface area contributed by atoms with Gasteiger partial charge in [0.25, 0.3) is 0 Å². The number of aliphatic hydroxyl groups is 1. The molecule has 3 saturated carbocycles. The molecule has 0 bridgehead atoms. The van der Waals surface area contributed by atoms with Crippen molar-refractivity contribution in [3.63, 3.8) is 0 Å². The first-order valence-electron chi connectivity index (χ1n) is 12.0. The van der Waals surface area contributed by atoms with Gasteiger partial charge in [-0.1, -0.05) is 19.0 Å². The molecule has 0 aliphatic heterocycles. The molecule has 4 aliphatic carbocycles. The van der Waals surface area contributed by atoms with Gasteiger partial charge in [-0.05, 0) is 92.7 Å². The highest BCUT2D eigenvalue weighted by atomic mass is 16.5. The molecule has 1 aromatic heterocycles. The van der Waals surface area contributed by atoms with E-state index >= 15 is 0 Å². The average Bonchev–Trinajstić information content (AvgIpc) is 3.12. The Labute approximate surface area is 152 Å². The number of aromatic nitrogens is 1. The van der Waals surface area contributed by atoms with Crippen LogP contribution >= 0.6 is 0 Å². The normalized spacial score (nSPS) is 58.7. The van der Waals surface area contributed by atoms with Crippen LogP contribution in [0.4, 0.5) is 0 Å². The van der Waals surface area contributed by atoms with Crippen LogP contribution in [0.1, 0.15) is 77.3 Å². The Kier molecular flexibility index (Phi) is 2.14. The maximum atomic E-state index is 11.4. The van der Waals surface area contributed by atoms with Crippen molar-refractivity contribution >= 4 is 0 Å². The molecule has 0 spiro atoms. The molecule has 1 aromatic rings. The molecule has 0 saturated heterocycles. The number of nitrogens with zero attached hydrogens (tertiary/aromatic N) is 1. The van der Waals surface area contributed by atoms with Crippen molar-refractivity contribution < 1.29 is 16.5 Å². The molecule has 3 heteroatoms. The molecule has 24 heavy (non-hydrogen) atoms. The molecule has 0 radical (unpaired) electrons. The summed E-state index contributed by atoms with van der Waals surface area (Å²) in [6, 6.07) is 0. The van der Waals surface area contributed by atoms with Gasteiger partial charge in [0, 0.05) is 12.4 Å². The Hall–Kier alpha value is -0.830. The van der Waals surface area contributed by atoms with Crippen molar-refractivity contribution in [2.75, 3.05) is 0 Å². The monoisotopic (exact) mass is 334 g/mol. The van der Waals surface area contributed by atoms with Crippen LogP contribution in [0, 0.1) is 34.5 Å². The number of hydrogen-bond donors (Lipinski definition) is 1. The standard InChI is InChI=1S/C21H31NO2/c1-19-11-13-12-24-22-18(13)10-14(19)4-5-15-16(19)6-8-20(2)17(15)7-9-21(20,3)23/h12,14-17,23H,4-11H2,1-3H3/t14-,15+,16-,17-,19-,20-,21-/m0/s1/i3D3,9D2. The Balaban J connectivity index is 1.54. The molecule has 0 amide bonds. The summed E-state index contributed by atoms with van der Waals surface area (Å²) in [5.41, 5.74) is -0.854. The van der Waals surface area contributed by atoms with E-state index in [-0.39, 0.29) is 23.7 Å². The van der Waals surface area contributed by atoms with Crippen LogP contribution in [0.2, 0.25) is 0 Å². The highest BCUT2D eigenvalue weighted by molar-refractivity contribution is 5.25. The zero-order valence-electron chi connectivity index (χ0n) is 19.6. The Morgan fingerprint density at radius 3 is 3.00 bits per heavy atom. The first-order valence-corrected chi connectivity index (χ1v) is 9.50. The lowest BCUT2D eigenvalue weighted by atomic mass is 9.44. The molecule has 132 valence electrons. The topological polar surface area (TPSA) is 46.3 Å². The first kappa shape index (κ1) is 11.0. The lowest BCUT2D eigenvalue weighted by Crippen LogP contribution is -2.56. The fourth-order valence-corrected chi connectivity index (χ4v) is 6.99. The number of rotatable bonds is 0. The van der Waals surface area contributed by atoms with Crippen molar-refractivity contribution in [3.8, 4) is 0 Å². The minimum atomic E-state index is -2.74. The second kappa shape index (κ2) is 4.66. The smallest absolute Gasteiger partial charge is 0.127 e. The summed E-state index contributed by atoms with van der Waals surface area (Å²) in [4.78, 5) is 0. The van der Waals surface area contributed by atoms with E-state index < -0.39 is 24.2 Å². The van der Waals surface area contributed by atoms with E-state index in [4.69, 9.17) is 11.4 Å². The van der Waals surface area contributed by atoms with Crippen LogP contribution in [0.25, 0.3) is 0 Å². The van der Waals surface area contributed by atoms with Gasteiger partial charge in [-0.15, -0.1) is 0 Å². The van der Waals surface area contributed by atoms with Crippen LogP contribution in [-0.4, -0.2) is 15.9 Å². The highest BCUT2D eigenvalue weighted by Crippen LogP contribution is 2.67. The molecule has 0 aromatic carbocycles. The predicted octanol–water partition coefficient (Wildman–Crippen LogP) is 4.38. The molecule has 0 unspecified atom stereocenters. The van der Waals surface area contributed by atoms with E-state index in [0.29, 0.717) is 18.3 Å². The third-order valence-corrected chi connectivity index (χ3v) is 8.60. The quantitative estimate of drug-likeness (QED) is 0.766. The van der Waals surface area contributed by atoms with Gasteiger partial charge in [0.05, 0.1) is 11.3 Å². The van der Waals surface area contributed by atoms with Gasteiger partial charge in [-0.3, -0.25) is 0 Å². The maximum absolute atomic E-state index is 11.4. The Morgan fingerprint density at radius 1 is 1.29 bits per heavy atom. The van der Waals surface area contributed by atoms with Gasteiger partial charge < -0.3 is 9.63 Å². The van der Waals surface area contributed by atoms with Gasteiger partial charge in [0.1, 0.15) is 6.26 Å². The van der Waals surface area contributed by atoms with Crippen LogP contribution in [0.3, 0.4) is 0 Å². The minimum absolute atomic E-state index is 0.0935. The fraction of sp³-hybridized carbons (Fsp3) is 0.857. The summed E-state index contributed by atoms with van der Waals surface area (Å²) in [6.45, 7) is 1.47. The molecular formula is C21H31NO2. The molecule has 5 rings (SSSR count). The Bertz CT molecular complexity index is 837. The van der Waals surface area contributed by atoms with Crippen molar-refractivity contribution in [2.45, 2.75) is 77.6 Å². The van der Waals surface area contributed by atoms with E-state index in [0.717, 1.165) is 37.8 Å². The molecule has 1 heterocycles. The number of fused-ring (bicyclic) bond motifs is 6. The van der Waals surface area contributed by atoms with Crippen LogP contribution in [0.15, 0.2) is 10.8 Å². The lowest BCUT2D eigenvalue weighted by molar-refractivity contribution is -0.139. The zero-order chi connectivity index (χ0) is 21.0. The van der Waals surface area contributed by atoms with Crippen molar-refractivity contribution in [2.24, 2.45) is 34.5 Å². The van der Waals surface area contributed by atoms with E-state index in [1.807, 2.05) is 6.92 Å². The maximum Gasteiger partial charge on any atom is 0.127 e. The zero-order valence-corrected chi connectivity index (χ0v) is 14.6. The molecule has 1 N–H and O–H groups in total. The second-order valence-corrected chi connectivity index (χ2v) is 9.37. The van der Waals surface area contributed by atoms with Gasteiger partial charge in [-0.2, -0.15) is 0 Å². The fourth-order valence-electron chi connectivity index (χ4n) is 6.99. The summed E-state index contributed by atoms with van der Waals surface area (Å²) < 4.78 is 46.5. The average molecular weight is 335 g/mol. The van der Waals surface area contributed by atoms with Gasteiger partial charge >= 0.3 is 0 Å². The largest absolute Gasteiger partial charge is 0.390 e. The summed E-state index contributed by atoms with van der Waals surface area (Å²) >= 11 is 0. The molecular weight excluding hydrogens is 298 g/mol.